The van der Waals surface area contributed by atoms with E-state index >= 15 is 0 Å². The van der Waals surface area contributed by atoms with Gasteiger partial charge in [0.25, 0.3) is 0 Å². The quantitative estimate of drug-likeness (QED) is 0.743. The molecule has 1 aromatic rings. The summed E-state index contributed by atoms with van der Waals surface area (Å²) in [4.78, 5) is 12.7. The number of carbonyl (C=O) groups excluding carboxylic acids is 1. The number of carbonyl (C=O) groups is 1. The molecule has 0 aliphatic heterocycles. The smallest absolute Gasteiger partial charge is 0.169 e. The number of Topliss-reactive ketones (excluding diaryl/α,β-unsaturated/α-hetero) is 1. The first-order valence-electron chi connectivity index (χ1n) is 7.55. The molecule has 3 unspecified atom stereocenters. The molecule has 0 heterocycles. The second kappa shape index (κ2) is 5.36. The van der Waals surface area contributed by atoms with Crippen molar-refractivity contribution in [3.63, 3.8) is 0 Å². The average Bonchev–Trinajstić information content (AvgIpc) is 3.07. The van der Waals surface area contributed by atoms with Crippen molar-refractivity contribution in [2.24, 2.45) is 17.8 Å². The van der Waals surface area contributed by atoms with Gasteiger partial charge in [-0.1, -0.05) is 25.5 Å². The van der Waals surface area contributed by atoms with Gasteiger partial charge in [-0.3, -0.25) is 4.79 Å². The van der Waals surface area contributed by atoms with E-state index in [4.69, 9.17) is 4.74 Å². The topological polar surface area (TPSA) is 26.3 Å². The zero-order valence-corrected chi connectivity index (χ0v) is 11.6. The van der Waals surface area contributed by atoms with Gasteiger partial charge >= 0.3 is 0 Å². The number of ketones is 1. The van der Waals surface area contributed by atoms with Crippen molar-refractivity contribution in [1.82, 2.24) is 0 Å². The first-order chi connectivity index (χ1) is 9.29. The minimum Gasteiger partial charge on any atom is -0.493 e. The summed E-state index contributed by atoms with van der Waals surface area (Å²) in [5.41, 5.74) is 0.800. The van der Waals surface area contributed by atoms with Gasteiger partial charge in [0.05, 0.1) is 12.2 Å². The Bertz CT molecular complexity index is 466. The monoisotopic (exact) mass is 258 g/mol. The normalized spacial score (nSPS) is 28.6. The summed E-state index contributed by atoms with van der Waals surface area (Å²) in [6.07, 6.45) is 5.93. The highest BCUT2D eigenvalue weighted by Crippen LogP contribution is 2.49. The molecule has 3 rings (SSSR count). The van der Waals surface area contributed by atoms with Gasteiger partial charge in [0.15, 0.2) is 5.78 Å². The van der Waals surface area contributed by atoms with Crippen LogP contribution in [-0.2, 0) is 0 Å². The molecule has 0 N–H and O–H groups in total. The van der Waals surface area contributed by atoms with Gasteiger partial charge in [-0.05, 0) is 49.7 Å². The third-order valence-corrected chi connectivity index (χ3v) is 4.69. The van der Waals surface area contributed by atoms with Crippen LogP contribution in [0.5, 0.6) is 5.75 Å². The Morgan fingerprint density at radius 3 is 2.79 bits per heavy atom. The molecule has 2 fully saturated rings. The molecule has 19 heavy (non-hydrogen) atoms. The van der Waals surface area contributed by atoms with Gasteiger partial charge in [-0.2, -0.15) is 0 Å². The second-order valence-electron chi connectivity index (χ2n) is 5.99. The molecule has 0 spiro atoms. The highest BCUT2D eigenvalue weighted by Gasteiger charge is 2.43. The predicted molar refractivity (Wildman–Crippen MR) is 75.5 cm³/mol. The maximum atomic E-state index is 12.7. The van der Waals surface area contributed by atoms with Crippen LogP contribution in [0.2, 0.25) is 0 Å². The van der Waals surface area contributed by atoms with E-state index in [0.29, 0.717) is 18.3 Å². The summed E-state index contributed by atoms with van der Waals surface area (Å²) in [7, 11) is 0. The third-order valence-electron chi connectivity index (χ3n) is 4.69. The van der Waals surface area contributed by atoms with Crippen molar-refractivity contribution >= 4 is 5.78 Å². The summed E-state index contributed by atoms with van der Waals surface area (Å²) in [5.74, 6) is 2.79. The summed E-state index contributed by atoms with van der Waals surface area (Å²) >= 11 is 0. The average molecular weight is 258 g/mol. The lowest BCUT2D eigenvalue weighted by molar-refractivity contribution is 0.0870. The molecule has 2 aliphatic rings. The fourth-order valence-corrected chi connectivity index (χ4v) is 3.77. The van der Waals surface area contributed by atoms with E-state index in [-0.39, 0.29) is 5.92 Å². The number of hydrogen-bond donors (Lipinski definition) is 0. The Kier molecular flexibility index (Phi) is 3.58. The van der Waals surface area contributed by atoms with Gasteiger partial charge in [0.2, 0.25) is 0 Å². The molecule has 2 nitrogen and oxygen atoms in total. The molecule has 0 amide bonds. The fourth-order valence-electron chi connectivity index (χ4n) is 3.77. The predicted octanol–water partition coefficient (Wildman–Crippen LogP) is 4.09. The number of hydrogen-bond acceptors (Lipinski definition) is 2. The van der Waals surface area contributed by atoms with Crippen LogP contribution in [0, 0.1) is 17.8 Å². The van der Waals surface area contributed by atoms with Crippen LogP contribution in [-0.4, -0.2) is 12.4 Å². The molecular weight excluding hydrogens is 236 g/mol. The van der Waals surface area contributed by atoms with Crippen LogP contribution in [0.3, 0.4) is 0 Å². The highest BCUT2D eigenvalue weighted by atomic mass is 16.5. The van der Waals surface area contributed by atoms with Gasteiger partial charge in [-0.25, -0.2) is 0 Å². The van der Waals surface area contributed by atoms with Crippen molar-refractivity contribution in [1.29, 1.82) is 0 Å². The Morgan fingerprint density at radius 2 is 2.11 bits per heavy atom. The Balaban J connectivity index is 1.79. The maximum Gasteiger partial charge on any atom is 0.169 e. The molecular formula is C17H22O2. The molecule has 2 heteroatoms. The van der Waals surface area contributed by atoms with Crippen LogP contribution < -0.4 is 4.74 Å². The lowest BCUT2D eigenvalue weighted by Gasteiger charge is -2.21. The fraction of sp³-hybridized carbons (Fsp3) is 0.588. The molecule has 0 aromatic heterocycles. The van der Waals surface area contributed by atoms with Crippen LogP contribution in [0.1, 0.15) is 49.4 Å². The number of para-hydroxylation sites is 1. The van der Waals surface area contributed by atoms with E-state index in [1.54, 1.807) is 0 Å². The second-order valence-corrected chi connectivity index (χ2v) is 5.99. The van der Waals surface area contributed by atoms with Crippen molar-refractivity contribution < 1.29 is 9.53 Å². The number of fused-ring (bicyclic) bond motifs is 2. The minimum absolute atomic E-state index is 0.255. The Labute approximate surface area is 115 Å². The number of benzene rings is 1. The minimum atomic E-state index is 0.255. The zero-order valence-electron chi connectivity index (χ0n) is 11.6. The molecule has 1 aromatic carbocycles. The van der Waals surface area contributed by atoms with E-state index < -0.39 is 0 Å². The van der Waals surface area contributed by atoms with Crippen LogP contribution in [0.4, 0.5) is 0 Å². The van der Waals surface area contributed by atoms with Gasteiger partial charge < -0.3 is 4.74 Å². The van der Waals surface area contributed by atoms with E-state index in [1.165, 1.54) is 19.3 Å². The summed E-state index contributed by atoms with van der Waals surface area (Å²) in [5, 5.41) is 0. The lowest BCUT2D eigenvalue weighted by Crippen LogP contribution is -2.21. The van der Waals surface area contributed by atoms with Gasteiger partial charge in [0.1, 0.15) is 5.75 Å². The van der Waals surface area contributed by atoms with Crippen molar-refractivity contribution in [3.8, 4) is 5.75 Å². The molecule has 2 bridgehead atoms. The van der Waals surface area contributed by atoms with E-state index in [2.05, 4.69) is 6.92 Å². The van der Waals surface area contributed by atoms with Crippen molar-refractivity contribution in [3.05, 3.63) is 29.8 Å². The summed E-state index contributed by atoms with van der Waals surface area (Å²) in [6, 6.07) is 7.75. The summed E-state index contributed by atoms with van der Waals surface area (Å²) < 4.78 is 5.73. The molecule has 0 radical (unpaired) electrons. The maximum absolute atomic E-state index is 12.7. The van der Waals surface area contributed by atoms with E-state index in [0.717, 1.165) is 30.1 Å². The summed E-state index contributed by atoms with van der Waals surface area (Å²) in [6.45, 7) is 2.77. The van der Waals surface area contributed by atoms with E-state index in [9.17, 15) is 4.79 Å². The first-order valence-corrected chi connectivity index (χ1v) is 7.55. The molecule has 3 atom stereocenters. The SMILES string of the molecule is CCCOc1ccccc1C(=O)C1CC2CCC1C2. The van der Waals surface area contributed by atoms with Crippen molar-refractivity contribution in [2.45, 2.75) is 39.0 Å². The molecule has 102 valence electrons. The van der Waals surface area contributed by atoms with Gasteiger partial charge in [0, 0.05) is 5.92 Å². The van der Waals surface area contributed by atoms with Crippen LogP contribution in [0.15, 0.2) is 24.3 Å². The largest absolute Gasteiger partial charge is 0.493 e. The highest BCUT2D eigenvalue weighted by molar-refractivity contribution is 6.00. The van der Waals surface area contributed by atoms with Gasteiger partial charge in [-0.15, -0.1) is 0 Å². The van der Waals surface area contributed by atoms with E-state index in [1.807, 2.05) is 24.3 Å². The Morgan fingerprint density at radius 1 is 1.26 bits per heavy atom. The van der Waals surface area contributed by atoms with Crippen LogP contribution >= 0.6 is 0 Å². The first kappa shape index (κ1) is 12.7. The number of rotatable bonds is 5. The lowest BCUT2D eigenvalue weighted by atomic mass is 9.83. The third kappa shape index (κ3) is 2.41. The van der Waals surface area contributed by atoms with Crippen molar-refractivity contribution in [2.75, 3.05) is 6.61 Å². The Hall–Kier alpha value is -1.31. The molecule has 2 saturated carbocycles. The number of ether oxygens (including phenoxy) is 1. The molecule has 2 aliphatic carbocycles. The zero-order chi connectivity index (χ0) is 13.2. The van der Waals surface area contributed by atoms with Crippen LogP contribution in [0.25, 0.3) is 0 Å². The molecule has 0 saturated heterocycles. The standard InChI is InChI=1S/C17H22O2/c1-2-9-19-16-6-4-3-5-14(16)17(18)15-11-12-7-8-13(15)10-12/h3-6,12-13,15H,2,7-11H2,1H3.